The van der Waals surface area contributed by atoms with E-state index in [4.69, 9.17) is 10.5 Å². The van der Waals surface area contributed by atoms with Crippen LogP contribution in [0.15, 0.2) is 0 Å². The Bertz CT molecular complexity index is 635. The molecule has 0 saturated carbocycles. The highest BCUT2D eigenvalue weighted by Crippen LogP contribution is 2.35. The van der Waals surface area contributed by atoms with Crippen LogP contribution in [0.25, 0.3) is 0 Å². The number of piperazine rings is 1. The second kappa shape index (κ2) is 6.98. The summed E-state index contributed by atoms with van der Waals surface area (Å²) in [5, 5.41) is 0. The van der Waals surface area contributed by atoms with Crippen LogP contribution in [0.3, 0.4) is 0 Å². The minimum atomic E-state index is -1.18. The van der Waals surface area contributed by atoms with Gasteiger partial charge >= 0.3 is 6.09 Å². The third-order valence-corrected chi connectivity index (χ3v) is 4.91. The summed E-state index contributed by atoms with van der Waals surface area (Å²) < 4.78 is 5.38. The molecule has 2 aliphatic heterocycles. The lowest BCUT2D eigenvalue weighted by atomic mass is 9.82. The van der Waals surface area contributed by atoms with Crippen LogP contribution >= 0.6 is 12.6 Å². The van der Waals surface area contributed by atoms with E-state index in [2.05, 4.69) is 12.6 Å². The second-order valence-electron chi connectivity index (χ2n) is 7.64. The fraction of sp³-hybridized carbons (Fsp3) is 0.750. The highest BCUT2D eigenvalue weighted by Gasteiger charge is 2.62. The minimum Gasteiger partial charge on any atom is -0.444 e. The summed E-state index contributed by atoms with van der Waals surface area (Å²) in [7, 11) is 0. The van der Waals surface area contributed by atoms with Gasteiger partial charge in [-0.2, -0.15) is 12.6 Å². The van der Waals surface area contributed by atoms with Crippen molar-refractivity contribution < 1.29 is 23.9 Å². The number of β-lactam (4-membered cyclic amide) rings is 1. The van der Waals surface area contributed by atoms with Crippen LogP contribution in [0.5, 0.6) is 0 Å². The molecular formula is C16H26N4O5S. The van der Waals surface area contributed by atoms with Gasteiger partial charge in [0, 0.05) is 25.8 Å². The summed E-state index contributed by atoms with van der Waals surface area (Å²) in [4.78, 5) is 53.1. The van der Waals surface area contributed by atoms with E-state index in [-0.39, 0.29) is 37.8 Å². The van der Waals surface area contributed by atoms with Gasteiger partial charge in [0.2, 0.25) is 11.8 Å². The van der Waals surface area contributed by atoms with Gasteiger partial charge in [-0.25, -0.2) is 4.79 Å². The Hall–Kier alpha value is -1.97. The van der Waals surface area contributed by atoms with E-state index in [1.807, 2.05) is 0 Å². The van der Waals surface area contributed by atoms with Crippen LogP contribution in [0.2, 0.25) is 0 Å². The molecule has 1 unspecified atom stereocenters. The quantitative estimate of drug-likeness (QED) is 0.499. The summed E-state index contributed by atoms with van der Waals surface area (Å²) >= 11 is 4.08. The van der Waals surface area contributed by atoms with Crippen LogP contribution < -0.4 is 5.73 Å². The Balaban J connectivity index is 2.23. The number of carbonyl (C=O) groups excluding carboxylic acids is 4. The van der Waals surface area contributed by atoms with Crippen LogP contribution in [-0.4, -0.2) is 87.6 Å². The molecule has 1 spiro atoms. The van der Waals surface area contributed by atoms with E-state index < -0.39 is 35.1 Å². The van der Waals surface area contributed by atoms with Gasteiger partial charge in [-0.05, 0) is 20.8 Å². The molecule has 4 amide bonds. The lowest BCUT2D eigenvalue weighted by molar-refractivity contribution is -0.181. The fourth-order valence-electron chi connectivity index (χ4n) is 3.37. The smallest absolute Gasteiger partial charge is 0.410 e. The summed E-state index contributed by atoms with van der Waals surface area (Å²) in [5.74, 6) is -1.23. The first-order chi connectivity index (χ1) is 11.9. The van der Waals surface area contributed by atoms with Crippen molar-refractivity contribution in [1.29, 1.82) is 0 Å². The molecule has 0 aromatic carbocycles. The van der Waals surface area contributed by atoms with Crippen molar-refractivity contribution >= 4 is 36.4 Å². The maximum atomic E-state index is 12.9. The van der Waals surface area contributed by atoms with Crippen molar-refractivity contribution in [2.45, 2.75) is 44.9 Å². The van der Waals surface area contributed by atoms with Crippen LogP contribution in [-0.2, 0) is 19.1 Å². The topological polar surface area (TPSA) is 113 Å². The zero-order valence-electron chi connectivity index (χ0n) is 15.5. The first-order valence-corrected chi connectivity index (χ1v) is 9.03. The zero-order valence-corrected chi connectivity index (χ0v) is 16.4. The molecule has 2 fully saturated rings. The van der Waals surface area contributed by atoms with Gasteiger partial charge < -0.3 is 25.2 Å². The lowest BCUT2D eigenvalue weighted by Gasteiger charge is -2.59. The van der Waals surface area contributed by atoms with E-state index in [1.54, 1.807) is 20.8 Å². The predicted octanol–water partition coefficient (Wildman–Crippen LogP) is -0.550. The summed E-state index contributed by atoms with van der Waals surface area (Å²) in [6.45, 7) is 7.29. The highest BCUT2D eigenvalue weighted by atomic mass is 32.1. The van der Waals surface area contributed by atoms with E-state index >= 15 is 0 Å². The average Bonchev–Trinajstić information content (AvgIpc) is 2.52. The van der Waals surface area contributed by atoms with Gasteiger partial charge in [-0.15, -0.1) is 0 Å². The standard InChI is InChI=1S/C16H26N4O5S/c1-10(21)20-6-5-18(14(24)25-15(2,3)4)8-16(20)9-19(13(16)23)11(7-26)12(17)22/h11,26H,5-9H2,1-4H3,(H2,17,22)/t11-,16?/m0/s1. The molecule has 2 atom stereocenters. The molecular weight excluding hydrogens is 360 g/mol. The number of nitrogens with two attached hydrogens (primary N) is 1. The van der Waals surface area contributed by atoms with Gasteiger partial charge in [-0.1, -0.05) is 0 Å². The number of hydrogen-bond donors (Lipinski definition) is 2. The van der Waals surface area contributed by atoms with Gasteiger partial charge in [-0.3, -0.25) is 14.4 Å². The number of hydrogen-bond acceptors (Lipinski definition) is 6. The summed E-state index contributed by atoms with van der Waals surface area (Å²) in [6.07, 6.45) is -0.535. The van der Waals surface area contributed by atoms with Crippen molar-refractivity contribution in [2.75, 3.05) is 31.9 Å². The Morgan fingerprint density at radius 2 is 1.88 bits per heavy atom. The van der Waals surface area contributed by atoms with Crippen molar-refractivity contribution in [3.05, 3.63) is 0 Å². The zero-order chi connectivity index (χ0) is 19.9. The Morgan fingerprint density at radius 3 is 2.31 bits per heavy atom. The molecule has 0 radical (unpaired) electrons. The largest absolute Gasteiger partial charge is 0.444 e. The molecule has 0 aromatic rings. The molecule has 10 heteroatoms. The van der Waals surface area contributed by atoms with E-state index in [0.29, 0.717) is 0 Å². The lowest BCUT2D eigenvalue weighted by Crippen LogP contribution is -2.83. The number of rotatable bonds is 3. The van der Waals surface area contributed by atoms with Crippen LogP contribution in [0.1, 0.15) is 27.7 Å². The predicted molar refractivity (Wildman–Crippen MR) is 96.5 cm³/mol. The van der Waals surface area contributed by atoms with Crippen molar-refractivity contribution in [1.82, 2.24) is 14.7 Å². The molecule has 9 nitrogen and oxygen atoms in total. The van der Waals surface area contributed by atoms with Crippen molar-refractivity contribution in [2.24, 2.45) is 5.73 Å². The van der Waals surface area contributed by atoms with Gasteiger partial charge in [0.1, 0.15) is 11.6 Å². The molecule has 26 heavy (non-hydrogen) atoms. The van der Waals surface area contributed by atoms with Crippen molar-refractivity contribution in [3.8, 4) is 0 Å². The number of ether oxygens (including phenoxy) is 1. The Labute approximate surface area is 158 Å². The number of carbonyl (C=O) groups is 4. The summed E-state index contributed by atoms with van der Waals surface area (Å²) in [6, 6.07) is -0.845. The molecule has 2 rings (SSSR count). The molecule has 0 aliphatic carbocycles. The minimum absolute atomic E-state index is 0.0227. The SMILES string of the molecule is CC(=O)N1CCN(C(=O)OC(C)(C)C)CC12CN([C@@H](CS)C(N)=O)C2=O. The molecule has 2 aliphatic rings. The molecule has 2 saturated heterocycles. The third-order valence-electron chi connectivity index (χ3n) is 4.56. The van der Waals surface area contributed by atoms with Gasteiger partial charge in [0.15, 0.2) is 5.54 Å². The Morgan fingerprint density at radius 1 is 1.27 bits per heavy atom. The maximum Gasteiger partial charge on any atom is 0.410 e. The average molecular weight is 386 g/mol. The van der Waals surface area contributed by atoms with E-state index in [9.17, 15) is 19.2 Å². The van der Waals surface area contributed by atoms with Gasteiger partial charge in [0.05, 0.1) is 13.1 Å². The number of likely N-dealkylation sites (tertiary alicyclic amines) is 1. The Kier molecular flexibility index (Phi) is 5.46. The van der Waals surface area contributed by atoms with Gasteiger partial charge in [0.25, 0.3) is 5.91 Å². The first-order valence-electron chi connectivity index (χ1n) is 8.40. The highest BCUT2D eigenvalue weighted by molar-refractivity contribution is 7.80. The fourth-order valence-corrected chi connectivity index (χ4v) is 3.74. The monoisotopic (exact) mass is 386 g/mol. The summed E-state index contributed by atoms with van der Waals surface area (Å²) in [5.41, 5.74) is 3.48. The molecule has 2 heterocycles. The molecule has 2 N–H and O–H groups in total. The molecule has 0 bridgehead atoms. The molecule has 0 aromatic heterocycles. The van der Waals surface area contributed by atoms with E-state index in [1.165, 1.54) is 21.6 Å². The number of thiol groups is 1. The maximum absolute atomic E-state index is 12.9. The van der Waals surface area contributed by atoms with Crippen molar-refractivity contribution in [3.63, 3.8) is 0 Å². The van der Waals surface area contributed by atoms with E-state index in [0.717, 1.165) is 0 Å². The second-order valence-corrected chi connectivity index (χ2v) is 8.00. The van der Waals surface area contributed by atoms with Crippen LogP contribution in [0.4, 0.5) is 4.79 Å². The molecule has 146 valence electrons. The van der Waals surface area contributed by atoms with Crippen LogP contribution in [0, 0.1) is 0 Å². The third kappa shape index (κ3) is 3.60. The number of amides is 4. The first kappa shape index (κ1) is 20.3. The number of primary amides is 1. The normalized spacial score (nSPS) is 24.3. The number of nitrogens with zero attached hydrogens (tertiary/aromatic N) is 3.